The third-order valence-corrected chi connectivity index (χ3v) is 5.99. The van der Waals surface area contributed by atoms with Crippen molar-refractivity contribution in [3.05, 3.63) is 92.6 Å². The Labute approximate surface area is 205 Å². The summed E-state index contributed by atoms with van der Waals surface area (Å²) in [6, 6.07) is 14.4. The fraction of sp³-hybridized carbons (Fsp3) is 0.148. The lowest BCUT2D eigenvalue weighted by molar-refractivity contribution is 0.225. The van der Waals surface area contributed by atoms with E-state index in [2.05, 4.69) is 15.0 Å². The molecule has 4 heterocycles. The molecule has 0 aliphatic rings. The van der Waals surface area contributed by atoms with Crippen LogP contribution in [0.4, 0.5) is 0 Å². The Morgan fingerprint density at radius 1 is 1.11 bits per heavy atom. The van der Waals surface area contributed by atoms with E-state index >= 15 is 0 Å². The number of rotatable bonds is 4. The quantitative estimate of drug-likeness (QED) is 0.286. The Hall–Kier alpha value is -4.28. The Morgan fingerprint density at radius 2 is 1.94 bits per heavy atom. The van der Waals surface area contributed by atoms with Gasteiger partial charge >= 0.3 is 0 Å². The maximum Gasteiger partial charge on any atom is 0.196 e. The molecule has 0 saturated heterocycles. The molecule has 5 aromatic rings. The maximum absolute atomic E-state index is 13.4. The zero-order chi connectivity index (χ0) is 24.7. The van der Waals surface area contributed by atoms with E-state index in [0.29, 0.717) is 44.7 Å². The van der Waals surface area contributed by atoms with Crippen LogP contribution >= 0.6 is 11.6 Å². The number of hydrogen-bond donors (Lipinski definition) is 0. The third kappa shape index (κ3) is 4.09. The second-order valence-electron chi connectivity index (χ2n) is 8.23. The predicted molar refractivity (Wildman–Crippen MR) is 133 cm³/mol. The Morgan fingerprint density at radius 3 is 2.74 bits per heavy atom. The van der Waals surface area contributed by atoms with E-state index in [4.69, 9.17) is 20.8 Å². The number of nitriles is 1. The van der Waals surface area contributed by atoms with Gasteiger partial charge in [-0.05, 0) is 68.8 Å². The monoisotopic (exact) mass is 482 g/mol. The lowest BCUT2D eigenvalue weighted by Gasteiger charge is -2.18. The Balaban J connectivity index is 1.68. The summed E-state index contributed by atoms with van der Waals surface area (Å²) in [5, 5.41) is 10.1. The fourth-order valence-electron chi connectivity index (χ4n) is 4.07. The number of ether oxygens (including phenoxy) is 1. The molecule has 1 atom stereocenters. The molecular formula is C27H19ClN4O3. The van der Waals surface area contributed by atoms with Gasteiger partial charge in [-0.3, -0.25) is 14.8 Å². The van der Waals surface area contributed by atoms with E-state index in [0.717, 1.165) is 11.1 Å². The molecule has 0 aliphatic carbocycles. The van der Waals surface area contributed by atoms with Gasteiger partial charge in [-0.2, -0.15) is 5.26 Å². The van der Waals surface area contributed by atoms with Crippen LogP contribution in [-0.4, -0.2) is 15.0 Å². The molecule has 0 unspecified atom stereocenters. The van der Waals surface area contributed by atoms with Gasteiger partial charge in [-0.1, -0.05) is 11.6 Å². The highest BCUT2D eigenvalue weighted by Gasteiger charge is 2.21. The van der Waals surface area contributed by atoms with Crippen LogP contribution in [0.25, 0.3) is 33.3 Å². The molecule has 0 fully saturated rings. The first kappa shape index (κ1) is 22.5. The summed E-state index contributed by atoms with van der Waals surface area (Å²) in [4.78, 5) is 26.2. The number of nitrogens with zero attached hydrogens (tertiary/aromatic N) is 4. The second kappa shape index (κ2) is 8.82. The maximum atomic E-state index is 13.4. The summed E-state index contributed by atoms with van der Waals surface area (Å²) in [5.41, 5.74) is 4.50. The molecule has 8 heteroatoms. The zero-order valence-electron chi connectivity index (χ0n) is 19.2. The van der Waals surface area contributed by atoms with Gasteiger partial charge in [0.1, 0.15) is 28.7 Å². The molecule has 0 amide bonds. The largest absolute Gasteiger partial charge is 0.483 e. The predicted octanol–water partition coefficient (Wildman–Crippen LogP) is 6.08. The Kier molecular flexibility index (Phi) is 5.67. The minimum Gasteiger partial charge on any atom is -0.483 e. The molecule has 172 valence electrons. The van der Waals surface area contributed by atoms with Crippen molar-refractivity contribution in [2.24, 2.45) is 0 Å². The summed E-state index contributed by atoms with van der Waals surface area (Å²) in [6.45, 7) is 5.47. The van der Waals surface area contributed by atoms with Crippen molar-refractivity contribution in [3.63, 3.8) is 0 Å². The minimum absolute atomic E-state index is 0.0778. The molecule has 1 aromatic carbocycles. The van der Waals surface area contributed by atoms with Crippen LogP contribution in [0.15, 0.2) is 64.1 Å². The van der Waals surface area contributed by atoms with Gasteiger partial charge in [0.05, 0.1) is 16.4 Å². The van der Waals surface area contributed by atoms with Crippen LogP contribution < -0.4 is 10.2 Å². The van der Waals surface area contributed by atoms with Crippen LogP contribution in [0, 0.1) is 25.2 Å². The molecule has 0 aliphatic heterocycles. The average molecular weight is 483 g/mol. The van der Waals surface area contributed by atoms with Gasteiger partial charge in [-0.25, -0.2) is 4.98 Å². The number of halogens is 1. The van der Waals surface area contributed by atoms with Crippen molar-refractivity contribution in [1.82, 2.24) is 15.0 Å². The smallest absolute Gasteiger partial charge is 0.196 e. The molecule has 0 saturated carbocycles. The van der Waals surface area contributed by atoms with Gasteiger partial charge < -0.3 is 9.15 Å². The van der Waals surface area contributed by atoms with Crippen molar-refractivity contribution in [2.45, 2.75) is 26.9 Å². The number of benzene rings is 1. The first-order valence-corrected chi connectivity index (χ1v) is 11.3. The minimum atomic E-state index is -0.553. The van der Waals surface area contributed by atoms with Crippen molar-refractivity contribution in [3.8, 4) is 23.1 Å². The van der Waals surface area contributed by atoms with Gasteiger partial charge in [-0.15, -0.1) is 0 Å². The SMILES string of the molecule is Cc1cc([C@@H](C)Oc2ccc(Cl)nc2C#N)c2oc(-c3cnc4cccnc4c3)c(C)c(=O)c2c1. The van der Waals surface area contributed by atoms with E-state index < -0.39 is 6.10 Å². The van der Waals surface area contributed by atoms with E-state index in [1.54, 1.807) is 37.5 Å². The van der Waals surface area contributed by atoms with Crippen molar-refractivity contribution in [1.29, 1.82) is 5.26 Å². The van der Waals surface area contributed by atoms with Crippen molar-refractivity contribution in [2.75, 3.05) is 0 Å². The number of pyridine rings is 3. The molecule has 35 heavy (non-hydrogen) atoms. The average Bonchev–Trinajstić information content (AvgIpc) is 2.86. The normalized spacial score (nSPS) is 12.0. The van der Waals surface area contributed by atoms with Crippen LogP contribution in [0.3, 0.4) is 0 Å². The standard InChI is InChI=1S/C27H19ClN4O3/c1-14-9-18(16(3)34-23-6-7-24(28)32-22(23)12-29)27-19(10-14)25(33)15(2)26(35-27)17-11-21-20(31-13-17)5-4-8-30-21/h4-11,13,16H,1-3H3/t16-/m1/s1. The number of hydrogen-bond acceptors (Lipinski definition) is 7. The summed E-state index contributed by atoms with van der Waals surface area (Å²) in [6.07, 6.45) is 2.81. The van der Waals surface area contributed by atoms with Crippen molar-refractivity contribution < 1.29 is 9.15 Å². The van der Waals surface area contributed by atoms with E-state index in [9.17, 15) is 10.1 Å². The van der Waals surface area contributed by atoms with Crippen LogP contribution in [0.5, 0.6) is 5.75 Å². The molecule has 0 bridgehead atoms. The topological polar surface area (TPSA) is 102 Å². The molecule has 0 N–H and O–H groups in total. The first-order valence-electron chi connectivity index (χ1n) is 10.9. The Bertz CT molecular complexity index is 1720. The van der Waals surface area contributed by atoms with E-state index in [-0.39, 0.29) is 16.3 Å². The van der Waals surface area contributed by atoms with Gasteiger partial charge in [0.2, 0.25) is 0 Å². The van der Waals surface area contributed by atoms with E-state index in [1.165, 1.54) is 0 Å². The highest BCUT2D eigenvalue weighted by molar-refractivity contribution is 6.29. The second-order valence-corrected chi connectivity index (χ2v) is 8.62. The molecular weight excluding hydrogens is 464 g/mol. The summed E-state index contributed by atoms with van der Waals surface area (Å²) < 4.78 is 12.5. The summed E-state index contributed by atoms with van der Waals surface area (Å²) in [5.74, 6) is 0.712. The van der Waals surface area contributed by atoms with Crippen LogP contribution in [0.1, 0.15) is 35.4 Å². The number of aryl methyl sites for hydroxylation is 1. The summed E-state index contributed by atoms with van der Waals surface area (Å²) in [7, 11) is 0. The molecule has 4 aromatic heterocycles. The van der Waals surface area contributed by atoms with Crippen LogP contribution in [0.2, 0.25) is 5.15 Å². The molecule has 7 nitrogen and oxygen atoms in total. The highest BCUT2D eigenvalue weighted by atomic mass is 35.5. The molecule has 0 radical (unpaired) electrons. The van der Waals surface area contributed by atoms with Crippen LogP contribution in [-0.2, 0) is 0 Å². The zero-order valence-corrected chi connectivity index (χ0v) is 19.9. The fourth-order valence-corrected chi connectivity index (χ4v) is 4.22. The van der Waals surface area contributed by atoms with Gasteiger partial charge in [0.15, 0.2) is 16.9 Å². The third-order valence-electron chi connectivity index (χ3n) is 5.78. The van der Waals surface area contributed by atoms with E-state index in [1.807, 2.05) is 44.2 Å². The first-order chi connectivity index (χ1) is 16.9. The van der Waals surface area contributed by atoms with Crippen molar-refractivity contribution >= 4 is 33.6 Å². The summed E-state index contributed by atoms with van der Waals surface area (Å²) >= 11 is 5.92. The molecule has 0 spiro atoms. The lowest BCUT2D eigenvalue weighted by Crippen LogP contribution is -2.12. The highest BCUT2D eigenvalue weighted by Crippen LogP contribution is 2.33. The number of fused-ring (bicyclic) bond motifs is 2. The number of aromatic nitrogens is 3. The molecule has 5 rings (SSSR count). The van der Waals surface area contributed by atoms with Gasteiger partial charge in [0.25, 0.3) is 0 Å². The lowest BCUT2D eigenvalue weighted by atomic mass is 10.00. The van der Waals surface area contributed by atoms with Gasteiger partial charge in [0, 0.05) is 29.1 Å².